The van der Waals surface area contributed by atoms with Crippen molar-refractivity contribution < 1.29 is 9.47 Å². The van der Waals surface area contributed by atoms with Crippen molar-refractivity contribution in [2.75, 3.05) is 12.5 Å². The zero-order valence-corrected chi connectivity index (χ0v) is 15.9. The Labute approximate surface area is 151 Å². The molecule has 0 spiro atoms. The molecule has 2 aromatic carbocycles. The van der Waals surface area contributed by atoms with Gasteiger partial charge in [-0.25, -0.2) is 0 Å². The Balaban J connectivity index is 2.21. The van der Waals surface area contributed by atoms with E-state index in [1.807, 2.05) is 0 Å². The minimum atomic E-state index is 0.160. The van der Waals surface area contributed by atoms with Crippen LogP contribution in [0, 0.1) is 0 Å². The lowest BCUT2D eigenvalue weighted by Gasteiger charge is -2.19. The van der Waals surface area contributed by atoms with Gasteiger partial charge in [0.05, 0.1) is 12.7 Å². The summed E-state index contributed by atoms with van der Waals surface area (Å²) in [6, 6.07) is 10.5. The molecule has 2 aromatic rings. The Morgan fingerprint density at radius 3 is 2.38 bits per heavy atom. The van der Waals surface area contributed by atoms with Gasteiger partial charge in [-0.05, 0) is 44.7 Å². The second-order valence-corrected chi connectivity index (χ2v) is 6.76. The fourth-order valence-electron chi connectivity index (χ4n) is 2.86. The highest BCUT2D eigenvalue weighted by Crippen LogP contribution is 2.37. The van der Waals surface area contributed by atoms with Crippen LogP contribution in [-0.2, 0) is 6.42 Å². The van der Waals surface area contributed by atoms with E-state index in [0.29, 0.717) is 0 Å². The number of aryl methyl sites for hydroxylation is 1. The molecule has 3 heteroatoms. The second kappa shape index (κ2) is 9.78. The van der Waals surface area contributed by atoms with Gasteiger partial charge < -0.3 is 9.47 Å². The monoisotopic (exact) mass is 348 g/mol. The Bertz CT molecular complexity index is 637. The number of rotatable bonds is 10. The minimum absolute atomic E-state index is 0.160. The predicted octanol–water partition coefficient (Wildman–Crippen LogP) is 6.37. The molecule has 0 fully saturated rings. The summed E-state index contributed by atoms with van der Waals surface area (Å²) in [5.74, 6) is 2.72. The van der Waals surface area contributed by atoms with Gasteiger partial charge >= 0.3 is 0 Å². The molecule has 0 aromatic heterocycles. The number of hydrogen-bond donors (Lipinski definition) is 0. The first-order valence-electron chi connectivity index (χ1n) is 9.07. The van der Waals surface area contributed by atoms with Gasteiger partial charge in [0, 0.05) is 16.7 Å². The summed E-state index contributed by atoms with van der Waals surface area (Å²) in [6.45, 7) is 7.05. The van der Waals surface area contributed by atoms with Crippen LogP contribution in [0.4, 0.5) is 0 Å². The van der Waals surface area contributed by atoms with Crippen LogP contribution in [0.25, 0.3) is 10.8 Å². The number of alkyl halides is 1. The summed E-state index contributed by atoms with van der Waals surface area (Å²) in [5, 5.41) is 2.27. The Morgan fingerprint density at radius 1 is 1.00 bits per heavy atom. The van der Waals surface area contributed by atoms with Gasteiger partial charge in [-0.3, -0.25) is 0 Å². The summed E-state index contributed by atoms with van der Waals surface area (Å²) in [4.78, 5) is 0. The van der Waals surface area contributed by atoms with Crippen molar-refractivity contribution in [1.29, 1.82) is 0 Å². The van der Waals surface area contributed by atoms with E-state index in [4.69, 9.17) is 21.1 Å². The lowest BCUT2D eigenvalue weighted by Crippen LogP contribution is -2.08. The first kappa shape index (κ1) is 18.9. The van der Waals surface area contributed by atoms with E-state index in [1.54, 1.807) is 0 Å². The van der Waals surface area contributed by atoms with Crippen molar-refractivity contribution in [3.05, 3.63) is 35.9 Å². The van der Waals surface area contributed by atoms with Crippen molar-refractivity contribution in [2.24, 2.45) is 0 Å². The van der Waals surface area contributed by atoms with E-state index < -0.39 is 0 Å². The zero-order chi connectivity index (χ0) is 17.4. The second-order valence-electron chi connectivity index (χ2n) is 6.38. The molecule has 132 valence electrons. The summed E-state index contributed by atoms with van der Waals surface area (Å²) in [5.41, 5.74) is 1.21. The molecule has 0 unspecified atom stereocenters. The average molecular weight is 349 g/mol. The molecule has 0 amide bonds. The third kappa shape index (κ3) is 5.04. The summed E-state index contributed by atoms with van der Waals surface area (Å²) in [7, 11) is 0. The van der Waals surface area contributed by atoms with E-state index >= 15 is 0 Å². The Morgan fingerprint density at radius 2 is 1.71 bits per heavy atom. The van der Waals surface area contributed by atoms with Crippen molar-refractivity contribution in [2.45, 2.75) is 59.0 Å². The van der Waals surface area contributed by atoms with Gasteiger partial charge in [0.1, 0.15) is 11.5 Å². The average Bonchev–Trinajstić information content (AvgIpc) is 2.59. The molecule has 0 aliphatic heterocycles. The van der Waals surface area contributed by atoms with Crippen molar-refractivity contribution in [3.63, 3.8) is 0 Å². The van der Waals surface area contributed by atoms with Crippen molar-refractivity contribution in [1.82, 2.24) is 0 Å². The van der Waals surface area contributed by atoms with Crippen molar-refractivity contribution in [3.8, 4) is 11.5 Å². The molecular formula is C21H29ClO2. The summed E-state index contributed by atoms with van der Waals surface area (Å²) < 4.78 is 12.2. The molecule has 0 aliphatic carbocycles. The standard InChI is InChI=1S/C21H29ClO2/c1-4-17-15-20(23-14-10-6-5-9-13-22)18-11-7-8-12-19(18)21(17)24-16(2)3/h7-8,11-12,15-16H,4-6,9-10,13-14H2,1-3H3. The van der Waals surface area contributed by atoms with Crippen LogP contribution in [0.15, 0.2) is 30.3 Å². The number of halogens is 1. The van der Waals surface area contributed by atoms with Gasteiger partial charge in [0.25, 0.3) is 0 Å². The van der Waals surface area contributed by atoms with Crippen molar-refractivity contribution >= 4 is 22.4 Å². The van der Waals surface area contributed by atoms with Gasteiger partial charge in [0.15, 0.2) is 0 Å². The topological polar surface area (TPSA) is 18.5 Å². The maximum Gasteiger partial charge on any atom is 0.130 e. The smallest absolute Gasteiger partial charge is 0.130 e. The van der Waals surface area contributed by atoms with Crippen LogP contribution < -0.4 is 9.47 Å². The normalized spacial score (nSPS) is 11.2. The van der Waals surface area contributed by atoms with Crippen LogP contribution in [0.1, 0.15) is 52.0 Å². The molecule has 0 saturated heterocycles. The minimum Gasteiger partial charge on any atom is -0.493 e. The first-order valence-corrected chi connectivity index (χ1v) is 9.60. The van der Waals surface area contributed by atoms with E-state index in [0.717, 1.165) is 54.0 Å². The highest BCUT2D eigenvalue weighted by Gasteiger charge is 2.14. The van der Waals surface area contributed by atoms with E-state index in [-0.39, 0.29) is 6.10 Å². The first-order chi connectivity index (χ1) is 11.7. The lowest BCUT2D eigenvalue weighted by atomic mass is 10.0. The number of fused-ring (bicyclic) bond motifs is 1. The number of ether oxygens (including phenoxy) is 2. The van der Waals surface area contributed by atoms with Crippen LogP contribution in [0.5, 0.6) is 11.5 Å². The Kier molecular flexibility index (Phi) is 7.71. The maximum absolute atomic E-state index is 6.11. The van der Waals surface area contributed by atoms with E-state index in [2.05, 4.69) is 51.1 Å². The van der Waals surface area contributed by atoms with Gasteiger partial charge in [-0.15, -0.1) is 11.6 Å². The molecule has 2 nitrogen and oxygen atoms in total. The van der Waals surface area contributed by atoms with Crippen LogP contribution in [0.3, 0.4) is 0 Å². The molecule has 0 radical (unpaired) electrons. The SMILES string of the molecule is CCc1cc(OCCCCCCCl)c2ccccc2c1OC(C)C. The summed E-state index contributed by atoms with van der Waals surface area (Å²) in [6.07, 6.45) is 5.59. The molecule has 24 heavy (non-hydrogen) atoms. The van der Waals surface area contributed by atoms with Gasteiger partial charge in [-0.2, -0.15) is 0 Å². The van der Waals surface area contributed by atoms with Crippen LogP contribution >= 0.6 is 11.6 Å². The number of unbranched alkanes of at least 4 members (excludes halogenated alkanes) is 3. The maximum atomic E-state index is 6.11. The quantitative estimate of drug-likeness (QED) is 0.367. The summed E-state index contributed by atoms with van der Waals surface area (Å²) >= 11 is 5.72. The third-order valence-corrected chi connectivity index (χ3v) is 4.32. The number of hydrogen-bond acceptors (Lipinski definition) is 2. The van der Waals surface area contributed by atoms with E-state index in [9.17, 15) is 0 Å². The zero-order valence-electron chi connectivity index (χ0n) is 15.1. The molecule has 0 aliphatic rings. The molecule has 0 heterocycles. The van der Waals surface area contributed by atoms with Crippen LogP contribution in [-0.4, -0.2) is 18.6 Å². The largest absolute Gasteiger partial charge is 0.493 e. The molecule has 0 bridgehead atoms. The van der Waals surface area contributed by atoms with Gasteiger partial charge in [0.2, 0.25) is 0 Å². The van der Waals surface area contributed by atoms with Crippen LogP contribution in [0.2, 0.25) is 0 Å². The lowest BCUT2D eigenvalue weighted by molar-refractivity contribution is 0.242. The van der Waals surface area contributed by atoms with E-state index in [1.165, 1.54) is 18.4 Å². The molecular weight excluding hydrogens is 320 g/mol. The molecule has 0 N–H and O–H groups in total. The Hall–Kier alpha value is -1.41. The predicted molar refractivity (Wildman–Crippen MR) is 104 cm³/mol. The van der Waals surface area contributed by atoms with Gasteiger partial charge in [-0.1, -0.05) is 44.0 Å². The molecule has 0 atom stereocenters. The third-order valence-electron chi connectivity index (χ3n) is 4.05. The highest BCUT2D eigenvalue weighted by molar-refractivity contribution is 6.17. The fourth-order valence-corrected chi connectivity index (χ4v) is 3.05. The highest BCUT2D eigenvalue weighted by atomic mass is 35.5. The molecule has 0 saturated carbocycles. The molecule has 2 rings (SSSR count). The number of benzene rings is 2. The fraction of sp³-hybridized carbons (Fsp3) is 0.524.